The summed E-state index contributed by atoms with van der Waals surface area (Å²) in [4.78, 5) is 12.2. The number of amides is 1. The van der Waals surface area contributed by atoms with Gasteiger partial charge in [0.25, 0.3) is 0 Å². The Morgan fingerprint density at radius 1 is 1.33 bits per heavy atom. The minimum atomic E-state index is -0.758. The summed E-state index contributed by atoms with van der Waals surface area (Å²) in [7, 11) is 0. The standard InChI is InChI=1S/C8H14N2O2/c11-8(12)10-4-6-1-7(5-10)3-9-2-6/h6-7,9H,1-5H2,(H,11,12). The number of nitrogens with one attached hydrogen (secondary N) is 1. The first-order valence-electron chi connectivity index (χ1n) is 4.44. The number of nitrogens with zero attached hydrogens (tertiary/aromatic N) is 1. The molecule has 2 aliphatic heterocycles. The van der Waals surface area contributed by atoms with E-state index >= 15 is 0 Å². The van der Waals surface area contributed by atoms with Crippen molar-refractivity contribution in [3.05, 3.63) is 0 Å². The van der Waals surface area contributed by atoms with Crippen LogP contribution in [0.25, 0.3) is 0 Å². The number of carbonyl (C=O) groups is 1. The van der Waals surface area contributed by atoms with Gasteiger partial charge < -0.3 is 15.3 Å². The third kappa shape index (κ3) is 1.39. The van der Waals surface area contributed by atoms with Crippen LogP contribution in [-0.2, 0) is 0 Å². The molecule has 2 bridgehead atoms. The number of carboxylic acid groups (broad SMARTS) is 1. The molecule has 2 aliphatic rings. The highest BCUT2D eigenvalue weighted by molar-refractivity contribution is 5.65. The zero-order chi connectivity index (χ0) is 8.55. The van der Waals surface area contributed by atoms with E-state index in [0.717, 1.165) is 26.2 Å². The molecule has 0 saturated carbocycles. The highest BCUT2D eigenvalue weighted by Gasteiger charge is 2.32. The maximum atomic E-state index is 10.7. The molecule has 0 spiro atoms. The molecule has 2 saturated heterocycles. The molecule has 0 aliphatic carbocycles. The summed E-state index contributed by atoms with van der Waals surface area (Å²) in [5, 5.41) is 12.1. The molecule has 2 atom stereocenters. The quantitative estimate of drug-likeness (QED) is 0.546. The lowest BCUT2D eigenvalue weighted by Crippen LogP contribution is -2.52. The number of piperidine rings is 2. The van der Waals surface area contributed by atoms with Crippen LogP contribution in [0.2, 0.25) is 0 Å². The van der Waals surface area contributed by atoms with Crippen LogP contribution in [0.5, 0.6) is 0 Å². The number of fused-ring (bicyclic) bond motifs is 2. The van der Waals surface area contributed by atoms with Gasteiger partial charge in [0, 0.05) is 13.1 Å². The molecule has 2 heterocycles. The fourth-order valence-electron chi connectivity index (χ4n) is 2.26. The Kier molecular flexibility index (Phi) is 1.92. The van der Waals surface area contributed by atoms with E-state index < -0.39 is 6.09 Å². The Bertz CT molecular complexity index is 183. The molecule has 2 fully saturated rings. The number of hydrogen-bond acceptors (Lipinski definition) is 2. The van der Waals surface area contributed by atoms with Crippen molar-refractivity contribution in [1.29, 1.82) is 0 Å². The van der Waals surface area contributed by atoms with Gasteiger partial charge in [0.1, 0.15) is 0 Å². The lowest BCUT2D eigenvalue weighted by atomic mass is 9.86. The smallest absolute Gasteiger partial charge is 0.407 e. The first kappa shape index (κ1) is 7.86. The van der Waals surface area contributed by atoms with Crippen LogP contribution in [0.15, 0.2) is 0 Å². The van der Waals surface area contributed by atoms with Gasteiger partial charge in [-0.25, -0.2) is 4.79 Å². The normalized spacial score (nSPS) is 34.8. The molecule has 0 aromatic heterocycles. The predicted octanol–water partition coefficient (Wildman–Crippen LogP) is 0.206. The Labute approximate surface area is 71.5 Å². The largest absolute Gasteiger partial charge is 0.465 e. The molecule has 0 aromatic rings. The van der Waals surface area contributed by atoms with Crippen LogP contribution in [-0.4, -0.2) is 42.3 Å². The number of hydrogen-bond donors (Lipinski definition) is 2. The summed E-state index contributed by atoms with van der Waals surface area (Å²) in [5.41, 5.74) is 0. The monoisotopic (exact) mass is 170 g/mol. The maximum absolute atomic E-state index is 10.7. The van der Waals surface area contributed by atoms with E-state index in [1.54, 1.807) is 4.90 Å². The zero-order valence-corrected chi connectivity index (χ0v) is 6.99. The van der Waals surface area contributed by atoms with Crippen molar-refractivity contribution in [2.75, 3.05) is 26.2 Å². The summed E-state index contributed by atoms with van der Waals surface area (Å²) in [6, 6.07) is 0. The van der Waals surface area contributed by atoms with Crippen molar-refractivity contribution in [3.8, 4) is 0 Å². The van der Waals surface area contributed by atoms with E-state index in [9.17, 15) is 4.79 Å². The molecule has 4 heteroatoms. The third-order valence-corrected chi connectivity index (χ3v) is 2.76. The van der Waals surface area contributed by atoms with Crippen molar-refractivity contribution in [1.82, 2.24) is 10.2 Å². The average Bonchev–Trinajstić information content (AvgIpc) is 2.03. The zero-order valence-electron chi connectivity index (χ0n) is 6.99. The molecule has 2 rings (SSSR count). The van der Waals surface area contributed by atoms with Crippen molar-refractivity contribution in [2.45, 2.75) is 6.42 Å². The summed E-state index contributed by atoms with van der Waals surface area (Å²) in [5.74, 6) is 1.10. The highest BCUT2D eigenvalue weighted by Crippen LogP contribution is 2.24. The Morgan fingerprint density at radius 3 is 2.42 bits per heavy atom. The minimum Gasteiger partial charge on any atom is -0.465 e. The summed E-state index contributed by atoms with van der Waals surface area (Å²) in [6.45, 7) is 3.41. The molecule has 4 nitrogen and oxygen atoms in total. The molecule has 0 radical (unpaired) electrons. The van der Waals surface area contributed by atoms with E-state index in [1.807, 2.05) is 0 Å². The Balaban J connectivity index is 2.00. The van der Waals surface area contributed by atoms with Crippen LogP contribution in [0, 0.1) is 11.8 Å². The second kappa shape index (κ2) is 2.94. The molecule has 1 amide bonds. The third-order valence-electron chi connectivity index (χ3n) is 2.76. The van der Waals surface area contributed by atoms with Crippen LogP contribution in [0.1, 0.15) is 6.42 Å². The molecule has 68 valence electrons. The van der Waals surface area contributed by atoms with E-state index in [1.165, 1.54) is 6.42 Å². The Hall–Kier alpha value is -0.770. The highest BCUT2D eigenvalue weighted by atomic mass is 16.4. The molecule has 2 N–H and O–H groups in total. The van der Waals surface area contributed by atoms with Gasteiger partial charge in [-0.2, -0.15) is 0 Å². The van der Waals surface area contributed by atoms with Gasteiger partial charge in [-0.3, -0.25) is 0 Å². The fourth-order valence-corrected chi connectivity index (χ4v) is 2.26. The second-order valence-electron chi connectivity index (χ2n) is 3.81. The predicted molar refractivity (Wildman–Crippen MR) is 44.1 cm³/mol. The van der Waals surface area contributed by atoms with Crippen molar-refractivity contribution >= 4 is 6.09 Å². The van der Waals surface area contributed by atoms with Crippen LogP contribution >= 0.6 is 0 Å². The lowest BCUT2D eigenvalue weighted by molar-refractivity contribution is 0.0834. The first-order chi connectivity index (χ1) is 5.75. The maximum Gasteiger partial charge on any atom is 0.407 e. The SMILES string of the molecule is O=C(O)N1CC2CNCC(C2)C1. The van der Waals surface area contributed by atoms with E-state index in [0.29, 0.717) is 11.8 Å². The first-order valence-corrected chi connectivity index (χ1v) is 4.44. The van der Waals surface area contributed by atoms with Crippen LogP contribution in [0.3, 0.4) is 0 Å². The summed E-state index contributed by atoms with van der Waals surface area (Å²) < 4.78 is 0. The number of rotatable bonds is 0. The lowest BCUT2D eigenvalue weighted by Gasteiger charge is -2.40. The van der Waals surface area contributed by atoms with Gasteiger partial charge in [0.15, 0.2) is 0 Å². The molecule has 12 heavy (non-hydrogen) atoms. The van der Waals surface area contributed by atoms with Gasteiger partial charge in [-0.1, -0.05) is 0 Å². The van der Waals surface area contributed by atoms with E-state index in [-0.39, 0.29) is 0 Å². The van der Waals surface area contributed by atoms with Gasteiger partial charge in [-0.05, 0) is 31.3 Å². The molecule has 0 aromatic carbocycles. The van der Waals surface area contributed by atoms with E-state index in [2.05, 4.69) is 5.32 Å². The topological polar surface area (TPSA) is 52.6 Å². The average molecular weight is 170 g/mol. The van der Waals surface area contributed by atoms with Crippen LogP contribution < -0.4 is 5.32 Å². The van der Waals surface area contributed by atoms with Crippen molar-refractivity contribution in [3.63, 3.8) is 0 Å². The summed E-state index contributed by atoms with van der Waals surface area (Å²) >= 11 is 0. The van der Waals surface area contributed by atoms with Crippen molar-refractivity contribution in [2.24, 2.45) is 11.8 Å². The summed E-state index contributed by atoms with van der Waals surface area (Å²) in [6.07, 6.45) is 0.447. The van der Waals surface area contributed by atoms with Crippen LogP contribution in [0.4, 0.5) is 4.79 Å². The minimum absolute atomic E-state index is 0.550. The number of likely N-dealkylation sites (tertiary alicyclic amines) is 1. The van der Waals surface area contributed by atoms with E-state index in [4.69, 9.17) is 5.11 Å². The molecular formula is C8H14N2O2. The Morgan fingerprint density at radius 2 is 1.92 bits per heavy atom. The fraction of sp³-hybridized carbons (Fsp3) is 0.875. The van der Waals surface area contributed by atoms with Gasteiger partial charge in [0.2, 0.25) is 0 Å². The van der Waals surface area contributed by atoms with Gasteiger partial charge in [0.05, 0.1) is 0 Å². The van der Waals surface area contributed by atoms with Gasteiger partial charge in [-0.15, -0.1) is 0 Å². The second-order valence-corrected chi connectivity index (χ2v) is 3.81. The molecular weight excluding hydrogens is 156 g/mol. The molecule has 2 unspecified atom stereocenters. The van der Waals surface area contributed by atoms with Crippen molar-refractivity contribution < 1.29 is 9.90 Å². The van der Waals surface area contributed by atoms with Gasteiger partial charge >= 0.3 is 6.09 Å².